The fourth-order valence-corrected chi connectivity index (χ4v) is 1.47. The quantitative estimate of drug-likeness (QED) is 0.690. The summed E-state index contributed by atoms with van der Waals surface area (Å²) in [5, 5.41) is 0. The first-order valence-electron chi connectivity index (χ1n) is 4.09. The van der Waals surface area contributed by atoms with Crippen LogP contribution in [0, 0.1) is 0 Å². The monoisotopic (exact) mass is 229 g/mol. The molecular weight excluding hydrogens is 214 g/mol. The predicted molar refractivity (Wildman–Crippen MR) is 59.2 cm³/mol. The fraction of sp³-hybridized carbons (Fsp3) is 0.400. The van der Waals surface area contributed by atoms with Gasteiger partial charge in [0.25, 0.3) is 0 Å². The lowest BCUT2D eigenvalue weighted by Gasteiger charge is -1.98. The van der Waals surface area contributed by atoms with Crippen molar-refractivity contribution in [2.45, 2.75) is 20.8 Å². The summed E-state index contributed by atoms with van der Waals surface area (Å²) < 4.78 is 3.15. The lowest BCUT2D eigenvalue weighted by molar-refractivity contribution is 0.907. The Morgan fingerprint density at radius 1 is 1.50 bits per heavy atom. The predicted octanol–water partition coefficient (Wildman–Crippen LogP) is 3.85. The van der Waals surface area contributed by atoms with Gasteiger partial charge in [-0.2, -0.15) is 0 Å². The van der Waals surface area contributed by atoms with Crippen molar-refractivity contribution in [3.63, 3.8) is 0 Å². The molecule has 0 saturated carbocycles. The first kappa shape index (κ1) is 11.5. The van der Waals surface area contributed by atoms with Crippen LogP contribution >= 0.6 is 15.9 Å². The molecule has 0 bridgehead atoms. The largest absolute Gasteiger partial charge is 0.350 e. The van der Waals surface area contributed by atoms with Gasteiger partial charge in [0.15, 0.2) is 0 Å². The highest BCUT2D eigenvalue weighted by molar-refractivity contribution is 9.10. The lowest BCUT2D eigenvalue weighted by Crippen LogP contribution is -1.89. The van der Waals surface area contributed by atoms with Gasteiger partial charge in [-0.05, 0) is 34.5 Å². The highest BCUT2D eigenvalue weighted by Crippen LogP contribution is 2.18. The van der Waals surface area contributed by atoms with Gasteiger partial charge < -0.3 is 4.57 Å². The van der Waals surface area contributed by atoms with Crippen LogP contribution in [0.25, 0.3) is 5.57 Å². The number of hydrogen-bond acceptors (Lipinski definition) is 0. The molecule has 0 aliphatic rings. The van der Waals surface area contributed by atoms with E-state index in [1.807, 2.05) is 38.6 Å². The van der Waals surface area contributed by atoms with Crippen molar-refractivity contribution in [1.82, 2.24) is 4.57 Å². The standard InChI is InChI=1S/C8H10BrN.C2H6/c1-6(2)8-4-7(9)5-10(8)3;1-2/h4-5H,1H2,2-3H3;1-2H3. The van der Waals surface area contributed by atoms with Crippen molar-refractivity contribution in [3.05, 3.63) is 29.0 Å². The van der Waals surface area contributed by atoms with Crippen LogP contribution in [-0.2, 0) is 7.05 Å². The van der Waals surface area contributed by atoms with Gasteiger partial charge in [0, 0.05) is 23.4 Å². The number of aryl methyl sites for hydroxylation is 1. The first-order valence-corrected chi connectivity index (χ1v) is 4.88. The highest BCUT2D eigenvalue weighted by atomic mass is 79.9. The van der Waals surface area contributed by atoms with E-state index in [1.54, 1.807) is 0 Å². The van der Waals surface area contributed by atoms with Crippen LogP contribution in [0.15, 0.2) is 23.3 Å². The molecule has 1 rings (SSSR count). The van der Waals surface area contributed by atoms with E-state index in [4.69, 9.17) is 0 Å². The van der Waals surface area contributed by atoms with Gasteiger partial charge in [-0.3, -0.25) is 0 Å². The maximum absolute atomic E-state index is 3.86. The molecule has 0 amide bonds. The zero-order valence-electron chi connectivity index (χ0n) is 8.19. The lowest BCUT2D eigenvalue weighted by atomic mass is 10.2. The molecule has 1 aromatic heterocycles. The van der Waals surface area contributed by atoms with Gasteiger partial charge in [0.2, 0.25) is 0 Å². The third-order valence-corrected chi connectivity index (χ3v) is 1.84. The summed E-state index contributed by atoms with van der Waals surface area (Å²) in [6.07, 6.45) is 2.02. The van der Waals surface area contributed by atoms with Crippen molar-refractivity contribution in [2.24, 2.45) is 7.05 Å². The van der Waals surface area contributed by atoms with E-state index in [9.17, 15) is 0 Å². The summed E-state index contributed by atoms with van der Waals surface area (Å²) in [4.78, 5) is 0. The third kappa shape index (κ3) is 2.86. The van der Waals surface area contributed by atoms with Crippen molar-refractivity contribution in [2.75, 3.05) is 0 Å². The van der Waals surface area contributed by atoms with Crippen LogP contribution in [0.4, 0.5) is 0 Å². The second-order valence-electron chi connectivity index (χ2n) is 2.43. The zero-order valence-corrected chi connectivity index (χ0v) is 9.77. The molecule has 68 valence electrons. The minimum absolute atomic E-state index is 1.09. The molecule has 0 radical (unpaired) electrons. The molecule has 0 N–H and O–H groups in total. The average Bonchev–Trinajstić information content (AvgIpc) is 2.34. The van der Waals surface area contributed by atoms with E-state index < -0.39 is 0 Å². The molecule has 0 unspecified atom stereocenters. The third-order valence-electron chi connectivity index (χ3n) is 1.41. The average molecular weight is 230 g/mol. The summed E-state index contributed by atoms with van der Waals surface area (Å²) >= 11 is 3.39. The van der Waals surface area contributed by atoms with Crippen molar-refractivity contribution < 1.29 is 0 Å². The second-order valence-corrected chi connectivity index (χ2v) is 3.35. The number of nitrogens with zero attached hydrogens (tertiary/aromatic N) is 1. The van der Waals surface area contributed by atoms with Crippen LogP contribution in [0.3, 0.4) is 0 Å². The Morgan fingerprint density at radius 3 is 2.17 bits per heavy atom. The summed E-state index contributed by atoms with van der Waals surface area (Å²) in [6.45, 7) is 9.86. The molecule has 0 fully saturated rings. The van der Waals surface area contributed by atoms with Gasteiger partial charge in [-0.15, -0.1) is 0 Å². The van der Waals surface area contributed by atoms with E-state index >= 15 is 0 Å². The van der Waals surface area contributed by atoms with Crippen LogP contribution in [0.2, 0.25) is 0 Å². The number of rotatable bonds is 1. The van der Waals surface area contributed by atoms with Gasteiger partial charge in [-0.25, -0.2) is 0 Å². The summed E-state index contributed by atoms with van der Waals surface area (Å²) in [5.74, 6) is 0. The molecule has 2 heteroatoms. The van der Waals surface area contributed by atoms with Crippen molar-refractivity contribution in [3.8, 4) is 0 Å². The van der Waals surface area contributed by atoms with E-state index in [0.717, 1.165) is 10.0 Å². The number of allylic oxidation sites excluding steroid dienone is 1. The Labute approximate surface area is 83.2 Å². The highest BCUT2D eigenvalue weighted by Gasteiger charge is 1.99. The second kappa shape index (κ2) is 5.20. The molecular formula is C10H16BrN. The molecule has 0 aliphatic heterocycles. The van der Waals surface area contributed by atoms with Crippen LogP contribution in [-0.4, -0.2) is 4.57 Å². The maximum Gasteiger partial charge on any atom is 0.0439 e. The SMILES string of the molecule is C=C(C)c1cc(Br)cn1C.CC. The van der Waals surface area contributed by atoms with E-state index in [0.29, 0.717) is 0 Å². The molecule has 0 spiro atoms. The van der Waals surface area contributed by atoms with E-state index in [1.165, 1.54) is 5.69 Å². The van der Waals surface area contributed by atoms with Gasteiger partial charge in [0.1, 0.15) is 0 Å². The molecule has 1 nitrogen and oxygen atoms in total. The Bertz CT molecular complexity index is 261. The van der Waals surface area contributed by atoms with Gasteiger partial charge in [-0.1, -0.05) is 20.4 Å². The number of hydrogen-bond donors (Lipinski definition) is 0. The number of aromatic nitrogens is 1. The normalized spacial score (nSPS) is 8.75. The van der Waals surface area contributed by atoms with Crippen LogP contribution < -0.4 is 0 Å². The Morgan fingerprint density at radius 2 is 2.00 bits per heavy atom. The Kier molecular flexibility index (Phi) is 4.98. The van der Waals surface area contributed by atoms with Crippen LogP contribution in [0.5, 0.6) is 0 Å². The smallest absolute Gasteiger partial charge is 0.0439 e. The fourth-order valence-electron chi connectivity index (χ4n) is 0.948. The Hall–Kier alpha value is -0.500. The molecule has 0 atom stereocenters. The summed E-state index contributed by atoms with van der Waals surface area (Å²) in [6, 6.07) is 2.06. The minimum atomic E-state index is 1.09. The zero-order chi connectivity index (χ0) is 9.72. The molecule has 0 aromatic carbocycles. The van der Waals surface area contributed by atoms with E-state index in [-0.39, 0.29) is 0 Å². The summed E-state index contributed by atoms with van der Waals surface area (Å²) in [7, 11) is 2.01. The topological polar surface area (TPSA) is 4.93 Å². The molecule has 0 saturated heterocycles. The van der Waals surface area contributed by atoms with Crippen molar-refractivity contribution >= 4 is 21.5 Å². The number of halogens is 1. The van der Waals surface area contributed by atoms with Crippen LogP contribution in [0.1, 0.15) is 26.5 Å². The van der Waals surface area contributed by atoms with Crippen molar-refractivity contribution in [1.29, 1.82) is 0 Å². The van der Waals surface area contributed by atoms with Gasteiger partial charge in [0.05, 0.1) is 0 Å². The minimum Gasteiger partial charge on any atom is -0.350 e. The first-order chi connectivity index (χ1) is 5.61. The molecule has 1 aromatic rings. The summed E-state index contributed by atoms with van der Waals surface area (Å²) in [5.41, 5.74) is 2.26. The van der Waals surface area contributed by atoms with E-state index in [2.05, 4.69) is 28.6 Å². The molecule has 0 aliphatic carbocycles. The molecule has 1 heterocycles. The maximum atomic E-state index is 3.86. The van der Waals surface area contributed by atoms with Gasteiger partial charge >= 0.3 is 0 Å². The molecule has 12 heavy (non-hydrogen) atoms. The Balaban J connectivity index is 0.000000561.